The first-order chi connectivity index (χ1) is 8.38. The standard InChI is InChI=1S/C12H14ClNO3S/c1-8-6-10(18(13,16)17)4-5-11(8)12(15)14-7-9-2-3-9/h4-6,9H,2-3,7H2,1H3,(H,14,15). The Kier molecular flexibility index (Phi) is 3.64. The normalized spacial score (nSPS) is 15.4. The zero-order valence-corrected chi connectivity index (χ0v) is 11.5. The molecule has 18 heavy (non-hydrogen) atoms. The fourth-order valence-electron chi connectivity index (χ4n) is 1.70. The number of aryl methyl sites for hydroxylation is 1. The number of nitrogens with one attached hydrogen (secondary N) is 1. The van der Waals surface area contributed by atoms with Gasteiger partial charge in [-0.25, -0.2) is 8.42 Å². The lowest BCUT2D eigenvalue weighted by Gasteiger charge is -2.08. The van der Waals surface area contributed by atoms with Gasteiger partial charge in [-0.1, -0.05) is 0 Å². The summed E-state index contributed by atoms with van der Waals surface area (Å²) in [5.74, 6) is 0.440. The SMILES string of the molecule is Cc1cc(S(=O)(=O)Cl)ccc1C(=O)NCC1CC1. The molecule has 0 aromatic heterocycles. The Morgan fingerprint density at radius 2 is 2.11 bits per heavy atom. The number of amides is 1. The van der Waals surface area contributed by atoms with Crippen LogP contribution in [0.1, 0.15) is 28.8 Å². The van der Waals surface area contributed by atoms with E-state index in [1.54, 1.807) is 6.92 Å². The fraction of sp³-hybridized carbons (Fsp3) is 0.417. The summed E-state index contributed by atoms with van der Waals surface area (Å²) >= 11 is 0. The maximum Gasteiger partial charge on any atom is 0.261 e. The van der Waals surface area contributed by atoms with E-state index in [0.717, 1.165) is 0 Å². The van der Waals surface area contributed by atoms with Crippen molar-refractivity contribution >= 4 is 25.6 Å². The third-order valence-corrected chi connectivity index (χ3v) is 4.32. The Hall–Kier alpha value is -1.07. The van der Waals surface area contributed by atoms with Crippen molar-refractivity contribution in [2.45, 2.75) is 24.7 Å². The van der Waals surface area contributed by atoms with Crippen LogP contribution in [0.2, 0.25) is 0 Å². The number of benzene rings is 1. The van der Waals surface area contributed by atoms with Gasteiger partial charge < -0.3 is 5.32 Å². The van der Waals surface area contributed by atoms with Gasteiger partial charge in [0.2, 0.25) is 0 Å². The van der Waals surface area contributed by atoms with E-state index in [1.165, 1.54) is 31.0 Å². The van der Waals surface area contributed by atoms with Crippen LogP contribution in [0, 0.1) is 12.8 Å². The summed E-state index contributed by atoms with van der Waals surface area (Å²) in [7, 11) is 1.50. The molecule has 4 nitrogen and oxygen atoms in total. The summed E-state index contributed by atoms with van der Waals surface area (Å²) in [5, 5.41) is 2.84. The first kappa shape index (κ1) is 13.4. The van der Waals surface area contributed by atoms with Gasteiger partial charge in [-0.2, -0.15) is 0 Å². The molecule has 1 N–H and O–H groups in total. The van der Waals surface area contributed by atoms with Gasteiger partial charge in [0.1, 0.15) is 0 Å². The zero-order valence-electron chi connectivity index (χ0n) is 9.94. The van der Waals surface area contributed by atoms with Crippen LogP contribution >= 0.6 is 10.7 Å². The number of rotatable bonds is 4. The Labute approximate surface area is 111 Å². The molecular weight excluding hydrogens is 274 g/mol. The molecule has 0 bridgehead atoms. The summed E-state index contributed by atoms with van der Waals surface area (Å²) in [6.07, 6.45) is 2.34. The zero-order chi connectivity index (χ0) is 13.3. The predicted octanol–water partition coefficient (Wildman–Crippen LogP) is 2.06. The molecule has 1 aliphatic rings. The molecule has 1 aliphatic carbocycles. The highest BCUT2D eigenvalue weighted by Crippen LogP contribution is 2.27. The average Bonchev–Trinajstić information content (AvgIpc) is 3.08. The van der Waals surface area contributed by atoms with Gasteiger partial charge in [0.15, 0.2) is 0 Å². The van der Waals surface area contributed by atoms with Crippen molar-refractivity contribution in [2.24, 2.45) is 5.92 Å². The highest BCUT2D eigenvalue weighted by Gasteiger charge is 2.22. The minimum Gasteiger partial charge on any atom is -0.352 e. The Morgan fingerprint density at radius 1 is 1.44 bits per heavy atom. The third-order valence-electron chi connectivity index (χ3n) is 2.97. The molecule has 0 heterocycles. The molecule has 2 rings (SSSR count). The smallest absolute Gasteiger partial charge is 0.261 e. The molecule has 0 aliphatic heterocycles. The van der Waals surface area contributed by atoms with Crippen LogP contribution in [0.4, 0.5) is 0 Å². The molecule has 1 fully saturated rings. The van der Waals surface area contributed by atoms with Crippen molar-refractivity contribution in [2.75, 3.05) is 6.54 Å². The predicted molar refractivity (Wildman–Crippen MR) is 69.3 cm³/mol. The molecule has 0 unspecified atom stereocenters. The van der Waals surface area contributed by atoms with E-state index in [0.29, 0.717) is 23.6 Å². The van der Waals surface area contributed by atoms with Crippen LogP contribution in [0.15, 0.2) is 23.1 Å². The van der Waals surface area contributed by atoms with Crippen LogP contribution in [0.25, 0.3) is 0 Å². The van der Waals surface area contributed by atoms with Gasteiger partial charge in [-0.15, -0.1) is 0 Å². The molecule has 0 saturated heterocycles. The Balaban J connectivity index is 2.15. The van der Waals surface area contributed by atoms with Gasteiger partial charge in [0.05, 0.1) is 4.90 Å². The third kappa shape index (κ3) is 3.23. The van der Waals surface area contributed by atoms with Crippen LogP contribution < -0.4 is 5.32 Å². The maximum absolute atomic E-state index is 11.9. The number of carbonyl (C=O) groups is 1. The van der Waals surface area contributed by atoms with Crippen molar-refractivity contribution in [3.63, 3.8) is 0 Å². The van der Waals surface area contributed by atoms with E-state index in [1.807, 2.05) is 0 Å². The fourth-order valence-corrected chi connectivity index (χ4v) is 2.53. The quantitative estimate of drug-likeness (QED) is 0.862. The minimum absolute atomic E-state index is 0.0143. The molecule has 0 radical (unpaired) electrons. The lowest BCUT2D eigenvalue weighted by atomic mass is 10.1. The van der Waals surface area contributed by atoms with Crippen LogP contribution in [0.3, 0.4) is 0 Å². The molecule has 1 aromatic carbocycles. The molecule has 6 heteroatoms. The topological polar surface area (TPSA) is 63.2 Å². The molecule has 1 aromatic rings. The second-order valence-electron chi connectivity index (χ2n) is 4.57. The van der Waals surface area contributed by atoms with Gasteiger partial charge in [0, 0.05) is 22.8 Å². The largest absolute Gasteiger partial charge is 0.352 e. The monoisotopic (exact) mass is 287 g/mol. The summed E-state index contributed by atoms with van der Waals surface area (Å²) in [6, 6.07) is 4.25. The van der Waals surface area contributed by atoms with Crippen molar-refractivity contribution in [1.82, 2.24) is 5.32 Å². The van der Waals surface area contributed by atoms with Gasteiger partial charge in [0.25, 0.3) is 15.0 Å². The summed E-state index contributed by atoms with van der Waals surface area (Å²) < 4.78 is 22.3. The van der Waals surface area contributed by atoms with Crippen LogP contribution in [0.5, 0.6) is 0 Å². The molecule has 0 spiro atoms. The van der Waals surface area contributed by atoms with Crippen molar-refractivity contribution in [1.29, 1.82) is 0 Å². The van der Waals surface area contributed by atoms with Crippen molar-refractivity contribution in [3.05, 3.63) is 29.3 Å². The summed E-state index contributed by atoms with van der Waals surface area (Å²) in [6.45, 7) is 2.38. The molecule has 1 saturated carbocycles. The van der Waals surface area contributed by atoms with E-state index in [-0.39, 0.29) is 10.8 Å². The van der Waals surface area contributed by atoms with Crippen LogP contribution in [-0.4, -0.2) is 20.9 Å². The summed E-state index contributed by atoms with van der Waals surface area (Å²) in [4.78, 5) is 11.9. The highest BCUT2D eigenvalue weighted by molar-refractivity contribution is 8.13. The molecule has 98 valence electrons. The van der Waals surface area contributed by atoms with Crippen LogP contribution in [-0.2, 0) is 9.05 Å². The molecule has 1 amide bonds. The second-order valence-corrected chi connectivity index (χ2v) is 7.13. The van der Waals surface area contributed by atoms with Gasteiger partial charge >= 0.3 is 0 Å². The van der Waals surface area contributed by atoms with Gasteiger partial charge in [-0.3, -0.25) is 4.79 Å². The average molecular weight is 288 g/mol. The number of halogens is 1. The first-order valence-corrected chi connectivity index (χ1v) is 8.02. The summed E-state index contributed by atoms with van der Waals surface area (Å²) in [5.41, 5.74) is 1.09. The lowest BCUT2D eigenvalue weighted by Crippen LogP contribution is -2.26. The number of hydrogen-bond donors (Lipinski definition) is 1. The van der Waals surface area contributed by atoms with Crippen molar-refractivity contribution in [3.8, 4) is 0 Å². The molecular formula is C12H14ClNO3S. The van der Waals surface area contributed by atoms with E-state index in [2.05, 4.69) is 5.32 Å². The van der Waals surface area contributed by atoms with E-state index in [9.17, 15) is 13.2 Å². The highest BCUT2D eigenvalue weighted by atomic mass is 35.7. The number of carbonyl (C=O) groups excluding carboxylic acids is 1. The van der Waals surface area contributed by atoms with E-state index >= 15 is 0 Å². The van der Waals surface area contributed by atoms with Crippen molar-refractivity contribution < 1.29 is 13.2 Å². The first-order valence-electron chi connectivity index (χ1n) is 5.71. The Morgan fingerprint density at radius 3 is 2.61 bits per heavy atom. The number of hydrogen-bond acceptors (Lipinski definition) is 3. The van der Waals surface area contributed by atoms with E-state index in [4.69, 9.17) is 10.7 Å². The lowest BCUT2D eigenvalue weighted by molar-refractivity contribution is 0.0951. The maximum atomic E-state index is 11.9. The Bertz CT molecular complexity index is 579. The second kappa shape index (κ2) is 4.90. The minimum atomic E-state index is -3.74. The van der Waals surface area contributed by atoms with Gasteiger partial charge in [-0.05, 0) is 49.4 Å². The van der Waals surface area contributed by atoms with E-state index < -0.39 is 9.05 Å². The molecule has 0 atom stereocenters.